The number of methoxy groups -OCH3 is 2. The summed E-state index contributed by atoms with van der Waals surface area (Å²) in [4.78, 5) is 29.0. The van der Waals surface area contributed by atoms with Crippen LogP contribution in [0.25, 0.3) is 0 Å². The number of allylic oxidation sites excluding steroid dienone is 2. The molecule has 5 heteroatoms. The smallest absolute Gasteiger partial charge is 0.232 e. The molecule has 1 atom stereocenters. The Bertz CT molecular complexity index is 1130. The molecule has 0 saturated carbocycles. The first-order valence-corrected chi connectivity index (χ1v) is 11.0. The number of anilines is 1. The highest BCUT2D eigenvalue weighted by molar-refractivity contribution is 6.08. The summed E-state index contributed by atoms with van der Waals surface area (Å²) in [5, 5.41) is 0. The Hall–Kier alpha value is -3.08. The van der Waals surface area contributed by atoms with Crippen molar-refractivity contribution < 1.29 is 19.1 Å². The lowest BCUT2D eigenvalue weighted by atomic mass is 9.69. The Kier molecular flexibility index (Phi) is 5.61. The van der Waals surface area contributed by atoms with Crippen LogP contribution < -0.4 is 14.4 Å². The maximum atomic E-state index is 13.7. The summed E-state index contributed by atoms with van der Waals surface area (Å²) in [5.74, 6) is 1.09. The van der Waals surface area contributed by atoms with Crippen LogP contribution in [0.4, 0.5) is 5.69 Å². The van der Waals surface area contributed by atoms with Crippen LogP contribution in [0.1, 0.15) is 55.7 Å². The molecule has 0 fully saturated rings. The van der Waals surface area contributed by atoms with Gasteiger partial charge in [0, 0.05) is 35.6 Å². The molecule has 168 valence electrons. The maximum Gasteiger partial charge on any atom is 0.232 e. The molecule has 0 radical (unpaired) electrons. The molecule has 2 aromatic rings. The molecular weight excluding hydrogens is 402 g/mol. The van der Waals surface area contributed by atoms with E-state index in [9.17, 15) is 9.59 Å². The highest BCUT2D eigenvalue weighted by atomic mass is 16.5. The Balaban J connectivity index is 1.96. The van der Waals surface area contributed by atoms with Gasteiger partial charge in [-0.3, -0.25) is 14.5 Å². The van der Waals surface area contributed by atoms with Crippen LogP contribution in [-0.2, 0) is 9.59 Å². The van der Waals surface area contributed by atoms with Gasteiger partial charge in [-0.05, 0) is 61.1 Å². The monoisotopic (exact) mass is 433 g/mol. The highest BCUT2D eigenvalue weighted by Crippen LogP contribution is 2.50. The zero-order valence-electron chi connectivity index (χ0n) is 19.7. The van der Waals surface area contributed by atoms with Crippen LogP contribution in [0.5, 0.6) is 11.5 Å². The molecule has 1 aliphatic heterocycles. The molecule has 0 N–H and O–H groups in total. The summed E-state index contributed by atoms with van der Waals surface area (Å²) in [7, 11) is 3.22. The number of ether oxygens (including phenoxy) is 2. The van der Waals surface area contributed by atoms with Crippen molar-refractivity contribution in [2.24, 2.45) is 5.41 Å². The van der Waals surface area contributed by atoms with Crippen LogP contribution in [0, 0.1) is 19.3 Å². The Morgan fingerprint density at radius 3 is 2.44 bits per heavy atom. The second-order valence-corrected chi connectivity index (χ2v) is 9.61. The Morgan fingerprint density at radius 2 is 1.75 bits per heavy atom. The summed E-state index contributed by atoms with van der Waals surface area (Å²) in [6, 6.07) is 11.6. The Labute approximate surface area is 190 Å². The van der Waals surface area contributed by atoms with Crippen molar-refractivity contribution in [3.8, 4) is 11.5 Å². The van der Waals surface area contributed by atoms with E-state index in [1.165, 1.54) is 0 Å². The number of rotatable bonds is 4. The summed E-state index contributed by atoms with van der Waals surface area (Å²) in [6.07, 6.45) is 1.33. The van der Waals surface area contributed by atoms with E-state index in [0.29, 0.717) is 24.3 Å². The van der Waals surface area contributed by atoms with Gasteiger partial charge < -0.3 is 9.47 Å². The number of aryl methyl sites for hydroxylation is 1. The zero-order chi connectivity index (χ0) is 23.2. The number of hydrogen-bond acceptors (Lipinski definition) is 4. The first-order chi connectivity index (χ1) is 15.2. The standard InChI is InChI=1S/C27H31NO4/c1-16-8-7-9-21(17(16)2)28-22-14-27(3,4)15-23(29)26(22)20(13-25(28)30)19-12-18(31-5)10-11-24(19)32-6/h7-12,20H,13-15H2,1-6H3. The molecule has 1 heterocycles. The highest BCUT2D eigenvalue weighted by Gasteiger charge is 2.45. The second kappa shape index (κ2) is 8.12. The van der Waals surface area contributed by atoms with E-state index in [1.807, 2.05) is 50.2 Å². The van der Waals surface area contributed by atoms with Gasteiger partial charge in [0.2, 0.25) is 5.91 Å². The van der Waals surface area contributed by atoms with Gasteiger partial charge in [0.25, 0.3) is 0 Å². The Morgan fingerprint density at radius 1 is 1.00 bits per heavy atom. The van der Waals surface area contributed by atoms with Gasteiger partial charge in [0.15, 0.2) is 5.78 Å². The summed E-state index contributed by atoms with van der Waals surface area (Å²) in [6.45, 7) is 8.26. The van der Waals surface area contributed by atoms with Gasteiger partial charge in [-0.15, -0.1) is 0 Å². The average molecular weight is 434 g/mol. The number of benzene rings is 2. The van der Waals surface area contributed by atoms with Crippen LogP contribution >= 0.6 is 0 Å². The molecule has 0 bridgehead atoms. The van der Waals surface area contributed by atoms with E-state index in [2.05, 4.69) is 13.8 Å². The van der Waals surface area contributed by atoms with Crippen molar-refractivity contribution in [1.29, 1.82) is 0 Å². The molecule has 0 saturated heterocycles. The van der Waals surface area contributed by atoms with Crippen molar-refractivity contribution in [2.45, 2.75) is 52.9 Å². The van der Waals surface area contributed by atoms with Crippen LogP contribution in [-0.4, -0.2) is 25.9 Å². The van der Waals surface area contributed by atoms with E-state index in [-0.39, 0.29) is 29.4 Å². The van der Waals surface area contributed by atoms with Crippen LogP contribution in [0.3, 0.4) is 0 Å². The van der Waals surface area contributed by atoms with Crippen molar-refractivity contribution >= 4 is 17.4 Å². The number of nitrogens with zero attached hydrogens (tertiary/aromatic N) is 1. The maximum absolute atomic E-state index is 13.7. The summed E-state index contributed by atoms with van der Waals surface area (Å²) < 4.78 is 11.1. The summed E-state index contributed by atoms with van der Waals surface area (Å²) >= 11 is 0. The quantitative estimate of drug-likeness (QED) is 0.640. The molecule has 5 nitrogen and oxygen atoms in total. The van der Waals surface area contributed by atoms with E-state index < -0.39 is 0 Å². The van der Waals surface area contributed by atoms with Gasteiger partial charge in [-0.25, -0.2) is 0 Å². The topological polar surface area (TPSA) is 55.8 Å². The number of hydrogen-bond donors (Lipinski definition) is 0. The molecule has 0 spiro atoms. The first-order valence-electron chi connectivity index (χ1n) is 11.0. The fourth-order valence-corrected chi connectivity index (χ4v) is 5.05. The fourth-order valence-electron chi connectivity index (χ4n) is 5.05. The minimum atomic E-state index is -0.354. The van der Waals surface area contributed by atoms with Gasteiger partial charge in [0.1, 0.15) is 11.5 Å². The lowest BCUT2D eigenvalue weighted by molar-refractivity contribution is -0.121. The molecule has 2 aromatic carbocycles. The summed E-state index contributed by atoms with van der Waals surface area (Å²) in [5.41, 5.74) is 5.20. The number of ketones is 1. The lowest BCUT2D eigenvalue weighted by Crippen LogP contribution is -2.44. The number of Topliss-reactive ketones (excluding diaryl/α,β-unsaturated/α-hetero) is 1. The van der Waals surface area contributed by atoms with Gasteiger partial charge >= 0.3 is 0 Å². The average Bonchev–Trinajstić information content (AvgIpc) is 2.74. The lowest BCUT2D eigenvalue weighted by Gasteiger charge is -2.43. The third-order valence-electron chi connectivity index (χ3n) is 6.77. The van der Waals surface area contributed by atoms with E-state index >= 15 is 0 Å². The molecule has 1 amide bonds. The second-order valence-electron chi connectivity index (χ2n) is 9.61. The van der Waals surface area contributed by atoms with Gasteiger partial charge in [0.05, 0.1) is 19.9 Å². The molecule has 0 aromatic heterocycles. The predicted molar refractivity (Wildman–Crippen MR) is 125 cm³/mol. The molecule has 32 heavy (non-hydrogen) atoms. The largest absolute Gasteiger partial charge is 0.497 e. The normalized spacial score (nSPS) is 20.3. The molecular formula is C27H31NO4. The first kappa shape index (κ1) is 22.1. The number of carbonyl (C=O) groups is 2. The number of carbonyl (C=O) groups excluding carboxylic acids is 2. The van der Waals surface area contributed by atoms with Gasteiger partial charge in [-0.2, -0.15) is 0 Å². The zero-order valence-corrected chi connectivity index (χ0v) is 19.7. The molecule has 1 aliphatic carbocycles. The molecule has 1 unspecified atom stereocenters. The van der Waals surface area contributed by atoms with Crippen molar-refractivity contribution in [2.75, 3.05) is 19.1 Å². The minimum absolute atomic E-state index is 0.00202. The third kappa shape index (κ3) is 3.70. The SMILES string of the molecule is COc1ccc(OC)c(C2CC(=O)N(c3cccc(C)c3C)C3=C2C(=O)CC(C)(C)C3)c1. The van der Waals surface area contributed by atoms with E-state index in [1.54, 1.807) is 19.1 Å². The van der Waals surface area contributed by atoms with Crippen molar-refractivity contribution in [3.63, 3.8) is 0 Å². The van der Waals surface area contributed by atoms with E-state index in [4.69, 9.17) is 9.47 Å². The predicted octanol–water partition coefficient (Wildman–Crippen LogP) is 5.48. The fraction of sp³-hybridized carbons (Fsp3) is 0.407. The van der Waals surface area contributed by atoms with Crippen LogP contribution in [0.15, 0.2) is 47.7 Å². The minimum Gasteiger partial charge on any atom is -0.497 e. The van der Waals surface area contributed by atoms with Crippen LogP contribution in [0.2, 0.25) is 0 Å². The van der Waals surface area contributed by atoms with E-state index in [0.717, 1.165) is 33.6 Å². The van der Waals surface area contributed by atoms with Crippen molar-refractivity contribution in [1.82, 2.24) is 0 Å². The molecule has 4 rings (SSSR count). The molecule has 2 aliphatic rings. The van der Waals surface area contributed by atoms with Crippen molar-refractivity contribution in [3.05, 3.63) is 64.4 Å². The van der Waals surface area contributed by atoms with Gasteiger partial charge in [-0.1, -0.05) is 26.0 Å². The third-order valence-corrected chi connectivity index (χ3v) is 6.77. The number of amides is 1.